The summed E-state index contributed by atoms with van der Waals surface area (Å²) in [5.74, 6) is 0. The Bertz CT molecular complexity index is 3610. The molecule has 4 aliphatic heterocycles. The van der Waals surface area contributed by atoms with Crippen molar-refractivity contribution in [1.29, 1.82) is 0 Å². The summed E-state index contributed by atoms with van der Waals surface area (Å²) in [5, 5.41) is 2.55. The van der Waals surface area contributed by atoms with Crippen LogP contribution in [0.15, 0.2) is 218 Å². The molecule has 0 amide bonds. The summed E-state index contributed by atoms with van der Waals surface area (Å²) in [4.78, 5) is 5.44. The van der Waals surface area contributed by atoms with Crippen molar-refractivity contribution in [3.63, 3.8) is 0 Å². The molecule has 5 aliphatic rings. The van der Waals surface area contributed by atoms with Crippen LogP contribution in [-0.2, 0) is 10.8 Å². The van der Waals surface area contributed by atoms with Crippen LogP contribution in [0.2, 0.25) is 0 Å². The third kappa shape index (κ3) is 3.97. The van der Waals surface area contributed by atoms with Crippen LogP contribution >= 0.6 is 0 Å². The van der Waals surface area contributed by atoms with Crippen LogP contribution < -0.4 is 20.6 Å². The second-order valence-corrected chi connectivity index (χ2v) is 18.4. The molecule has 1 atom stereocenters. The van der Waals surface area contributed by atoms with Crippen LogP contribution in [0.4, 0.5) is 28.4 Å². The van der Waals surface area contributed by atoms with Crippen molar-refractivity contribution >= 4 is 57.0 Å². The highest BCUT2D eigenvalue weighted by atomic mass is 15.2. The predicted molar refractivity (Wildman–Crippen MR) is 266 cm³/mol. The van der Waals surface area contributed by atoms with E-state index < -0.39 is 10.8 Å². The number of anilines is 5. The first-order chi connectivity index (χ1) is 31.7. The fourth-order valence-electron chi connectivity index (χ4n) is 13.4. The molecule has 10 aromatic carbocycles. The normalized spacial score (nSPS) is 16.9. The van der Waals surface area contributed by atoms with E-state index in [2.05, 4.69) is 235 Å². The van der Waals surface area contributed by atoms with Gasteiger partial charge in [-0.05, 0) is 114 Å². The highest BCUT2D eigenvalue weighted by Gasteiger charge is 2.57. The molecule has 15 rings (SSSR count). The average Bonchev–Trinajstić information content (AvgIpc) is 3.63. The quantitative estimate of drug-likeness (QED) is 0.164. The Hall–Kier alpha value is -7.88. The number of para-hydroxylation sites is 2. The topological polar surface area (TPSA) is 6.48 Å². The van der Waals surface area contributed by atoms with Gasteiger partial charge in [0, 0.05) is 33.7 Å². The van der Waals surface area contributed by atoms with Crippen molar-refractivity contribution in [3.05, 3.63) is 257 Å². The van der Waals surface area contributed by atoms with Crippen molar-refractivity contribution < 1.29 is 0 Å². The summed E-state index contributed by atoms with van der Waals surface area (Å²) in [5.41, 5.74) is 25.2. The van der Waals surface area contributed by atoms with Crippen LogP contribution in [0, 0.1) is 0 Å². The second-order valence-electron chi connectivity index (χ2n) is 18.4. The van der Waals surface area contributed by atoms with E-state index in [1.165, 1.54) is 122 Å². The van der Waals surface area contributed by atoms with Gasteiger partial charge in [-0.2, -0.15) is 0 Å². The van der Waals surface area contributed by atoms with Gasteiger partial charge in [-0.15, -0.1) is 0 Å². The van der Waals surface area contributed by atoms with Gasteiger partial charge in [0.25, 0.3) is 0 Å². The van der Waals surface area contributed by atoms with Gasteiger partial charge in [0.1, 0.15) is 0 Å². The zero-order valence-corrected chi connectivity index (χ0v) is 35.3. The minimum Gasteiger partial charge on any atom is -0.376 e. The molecule has 296 valence electrons. The first kappa shape index (κ1) is 34.7. The van der Waals surface area contributed by atoms with E-state index >= 15 is 0 Å². The number of hydrogen-bond donors (Lipinski definition) is 0. The maximum atomic E-state index is 2.80. The molecule has 0 aromatic heterocycles. The lowest BCUT2D eigenvalue weighted by Crippen LogP contribution is -2.64. The fourth-order valence-corrected chi connectivity index (χ4v) is 13.4. The van der Waals surface area contributed by atoms with E-state index in [9.17, 15) is 0 Å². The zero-order valence-electron chi connectivity index (χ0n) is 35.3. The van der Waals surface area contributed by atoms with Crippen LogP contribution in [-0.4, -0.2) is 6.85 Å². The van der Waals surface area contributed by atoms with E-state index in [1.807, 2.05) is 0 Å². The van der Waals surface area contributed by atoms with Crippen LogP contribution in [0.25, 0.3) is 44.2 Å². The molecule has 0 radical (unpaired) electrons. The molecule has 0 saturated heterocycles. The number of hydrogen-bond acceptors (Lipinski definition) is 2. The summed E-state index contributed by atoms with van der Waals surface area (Å²) in [6, 6.07) is 82.9. The van der Waals surface area contributed by atoms with Gasteiger partial charge in [-0.1, -0.05) is 200 Å². The Morgan fingerprint density at radius 2 is 1.03 bits per heavy atom. The highest BCUT2D eigenvalue weighted by molar-refractivity contribution is 6.94. The Morgan fingerprint density at radius 1 is 0.422 bits per heavy atom. The number of rotatable bonds is 3. The molecule has 0 saturated carbocycles. The van der Waals surface area contributed by atoms with Gasteiger partial charge in [0.15, 0.2) is 0 Å². The average molecular weight is 811 g/mol. The molecule has 0 N–H and O–H groups in total. The molecule has 64 heavy (non-hydrogen) atoms. The van der Waals surface area contributed by atoms with Gasteiger partial charge < -0.3 is 9.71 Å². The molecule has 0 spiro atoms. The second kappa shape index (κ2) is 12.2. The van der Waals surface area contributed by atoms with E-state index in [4.69, 9.17) is 0 Å². The van der Waals surface area contributed by atoms with Crippen molar-refractivity contribution in [2.45, 2.75) is 17.8 Å². The fraction of sp³-hybridized carbons (Fsp3) is 0.0492. The summed E-state index contributed by atoms with van der Waals surface area (Å²) in [6.45, 7) is 2.40. The van der Waals surface area contributed by atoms with Crippen LogP contribution in [0.1, 0.15) is 45.9 Å². The minimum absolute atomic E-state index is 0.118. The Morgan fingerprint density at radius 3 is 1.83 bits per heavy atom. The van der Waals surface area contributed by atoms with Crippen molar-refractivity contribution in [1.82, 2.24) is 0 Å². The first-order valence-electron chi connectivity index (χ1n) is 22.6. The summed E-state index contributed by atoms with van der Waals surface area (Å²) in [7, 11) is 0. The summed E-state index contributed by atoms with van der Waals surface area (Å²) < 4.78 is 0. The molecule has 0 fully saturated rings. The lowest BCUT2D eigenvalue weighted by Gasteiger charge is -2.54. The first-order valence-corrected chi connectivity index (χ1v) is 22.6. The number of nitrogens with zero attached hydrogens (tertiary/aromatic N) is 2. The minimum atomic E-state index is -0.577. The molecule has 4 heterocycles. The molecule has 1 aliphatic carbocycles. The lowest BCUT2D eigenvalue weighted by atomic mass is 9.41. The van der Waals surface area contributed by atoms with Gasteiger partial charge in [-0.3, -0.25) is 0 Å². The van der Waals surface area contributed by atoms with Gasteiger partial charge >= 0.3 is 6.85 Å². The van der Waals surface area contributed by atoms with E-state index in [0.717, 1.165) is 0 Å². The molecule has 1 unspecified atom stereocenters. The van der Waals surface area contributed by atoms with Gasteiger partial charge in [0.05, 0.1) is 11.1 Å². The number of fused-ring (bicyclic) bond motifs is 13. The lowest BCUT2D eigenvalue weighted by molar-refractivity contribution is 0.706. The molecule has 2 nitrogen and oxygen atoms in total. The number of benzene rings is 10. The van der Waals surface area contributed by atoms with E-state index in [-0.39, 0.29) is 6.85 Å². The van der Waals surface area contributed by atoms with Crippen LogP contribution in [0.5, 0.6) is 0 Å². The van der Waals surface area contributed by atoms with E-state index in [0.29, 0.717) is 0 Å². The predicted octanol–water partition coefficient (Wildman–Crippen LogP) is 13.6. The SMILES string of the molecule is CC12c3ccccc3-c3cccc(c31)N1B3c4cccc5c4N(c4ccccc4C5(c4ccccc4)c4ccccc4)c4cc5ccccc5c(c43)-c3ccc(-c4ccccc4)c2c31. The summed E-state index contributed by atoms with van der Waals surface area (Å²) in [6.07, 6.45) is 0. The monoisotopic (exact) mass is 810 g/mol. The smallest absolute Gasteiger partial charge is 0.333 e. The van der Waals surface area contributed by atoms with Gasteiger partial charge in [-0.25, -0.2) is 0 Å². The Balaban J connectivity index is 1.15. The Labute approximate surface area is 373 Å². The zero-order chi connectivity index (χ0) is 41.9. The standard InChI is InChI=1S/C61H39BN2/c1-60-47-29-14-13-27-44(47)45-28-17-34-52(55(45)60)64-58-46(36-35-43(56(58)60)38-19-5-2-6-20-38)54-42-26-12-11-21-39(42)37-53-57(54)62(64)50-32-18-31-49-59(50)63(53)51-33-16-15-30-48(51)61(49,40-22-7-3-8-23-40)41-24-9-4-10-25-41/h2-37H,1H3. The molecule has 3 heteroatoms. The molecule has 10 aromatic rings. The van der Waals surface area contributed by atoms with Crippen LogP contribution in [0.3, 0.4) is 0 Å². The largest absolute Gasteiger partial charge is 0.376 e. The maximum absolute atomic E-state index is 2.80. The third-order valence-electron chi connectivity index (χ3n) is 15.6. The van der Waals surface area contributed by atoms with Crippen molar-refractivity contribution in [2.24, 2.45) is 0 Å². The highest BCUT2D eigenvalue weighted by Crippen LogP contribution is 2.67. The molecular formula is C61H39BN2. The van der Waals surface area contributed by atoms with Crippen molar-refractivity contribution in [3.8, 4) is 33.4 Å². The Kier molecular flexibility index (Phi) is 6.60. The van der Waals surface area contributed by atoms with Gasteiger partial charge in [0.2, 0.25) is 0 Å². The maximum Gasteiger partial charge on any atom is 0.333 e. The van der Waals surface area contributed by atoms with Crippen molar-refractivity contribution in [2.75, 3.05) is 9.71 Å². The summed E-state index contributed by atoms with van der Waals surface area (Å²) >= 11 is 0. The molecular weight excluding hydrogens is 771 g/mol. The van der Waals surface area contributed by atoms with E-state index in [1.54, 1.807) is 0 Å². The molecule has 0 bridgehead atoms. The third-order valence-corrected chi connectivity index (χ3v) is 15.6.